The Morgan fingerprint density at radius 3 is 2.47 bits per heavy atom. The van der Waals surface area contributed by atoms with Crippen molar-refractivity contribution in [2.24, 2.45) is 0 Å². The third kappa shape index (κ3) is 2.65. The van der Waals surface area contributed by atoms with E-state index >= 15 is 0 Å². The number of carbonyl (C=O) groups is 1. The van der Waals surface area contributed by atoms with Crippen LogP contribution in [0.2, 0.25) is 0 Å². The van der Waals surface area contributed by atoms with Gasteiger partial charge in [-0.05, 0) is 26.0 Å². The van der Waals surface area contributed by atoms with Crippen LogP contribution in [-0.4, -0.2) is 17.2 Å². The number of ether oxygens (including phenoxy) is 1. The minimum absolute atomic E-state index is 0.343. The molecular weight excluding hydrogens is 206 g/mol. The zero-order chi connectivity index (χ0) is 11.6. The van der Waals surface area contributed by atoms with E-state index in [9.17, 15) is 13.6 Å². The second kappa shape index (κ2) is 4.25. The van der Waals surface area contributed by atoms with E-state index in [1.807, 2.05) is 0 Å². The second-order valence-corrected chi connectivity index (χ2v) is 3.24. The van der Waals surface area contributed by atoms with Gasteiger partial charge in [-0.25, -0.2) is 9.18 Å². The average Bonchev–Trinajstić information content (AvgIpc) is 2.11. The molecule has 1 rings (SSSR count). The molecule has 1 N–H and O–H groups in total. The summed E-state index contributed by atoms with van der Waals surface area (Å²) in [4.78, 5) is 10.6. The summed E-state index contributed by atoms with van der Waals surface area (Å²) < 4.78 is 31.0. The number of rotatable bonds is 3. The molecule has 0 heterocycles. The van der Waals surface area contributed by atoms with Crippen molar-refractivity contribution in [3.8, 4) is 5.75 Å². The molecule has 0 aliphatic carbocycles. The SMILES string of the molecule is CC(C)Oc1cc(C(=O)O)cc(F)c1F. The van der Waals surface area contributed by atoms with E-state index in [1.54, 1.807) is 13.8 Å². The van der Waals surface area contributed by atoms with Crippen molar-refractivity contribution in [1.29, 1.82) is 0 Å². The van der Waals surface area contributed by atoms with Gasteiger partial charge in [0.15, 0.2) is 11.6 Å². The minimum Gasteiger partial charge on any atom is -0.488 e. The van der Waals surface area contributed by atoms with E-state index < -0.39 is 17.6 Å². The maximum Gasteiger partial charge on any atom is 0.335 e. The summed E-state index contributed by atoms with van der Waals surface area (Å²) in [5.74, 6) is -4.12. The van der Waals surface area contributed by atoms with E-state index in [2.05, 4.69) is 0 Å². The Kier molecular flexibility index (Phi) is 3.24. The number of aromatic carboxylic acids is 1. The third-order valence-corrected chi connectivity index (χ3v) is 1.60. The van der Waals surface area contributed by atoms with Crippen molar-refractivity contribution < 1.29 is 23.4 Å². The summed E-state index contributed by atoms with van der Waals surface area (Å²) in [6.45, 7) is 3.26. The molecule has 3 nitrogen and oxygen atoms in total. The Morgan fingerprint density at radius 2 is 2.00 bits per heavy atom. The molecule has 0 spiro atoms. The molecule has 1 aromatic carbocycles. The van der Waals surface area contributed by atoms with Crippen LogP contribution in [0, 0.1) is 11.6 Å². The lowest BCUT2D eigenvalue weighted by Crippen LogP contribution is -2.09. The fourth-order valence-electron chi connectivity index (χ4n) is 1.03. The van der Waals surface area contributed by atoms with Crippen molar-refractivity contribution in [2.45, 2.75) is 20.0 Å². The van der Waals surface area contributed by atoms with Crippen molar-refractivity contribution in [1.82, 2.24) is 0 Å². The Labute approximate surface area is 85.3 Å². The summed E-state index contributed by atoms with van der Waals surface area (Å²) in [7, 11) is 0. The van der Waals surface area contributed by atoms with Crippen LogP contribution >= 0.6 is 0 Å². The number of carboxylic acids is 1. The first-order chi connectivity index (χ1) is 6.91. The van der Waals surface area contributed by atoms with E-state index in [-0.39, 0.29) is 17.4 Å². The van der Waals surface area contributed by atoms with Crippen LogP contribution in [0.15, 0.2) is 12.1 Å². The topological polar surface area (TPSA) is 46.5 Å². The molecule has 0 unspecified atom stereocenters. The van der Waals surface area contributed by atoms with Crippen molar-refractivity contribution in [2.75, 3.05) is 0 Å². The van der Waals surface area contributed by atoms with E-state index in [0.29, 0.717) is 6.07 Å². The van der Waals surface area contributed by atoms with Crippen LogP contribution < -0.4 is 4.74 Å². The largest absolute Gasteiger partial charge is 0.488 e. The van der Waals surface area contributed by atoms with Crippen molar-refractivity contribution >= 4 is 5.97 Å². The predicted octanol–water partition coefficient (Wildman–Crippen LogP) is 2.45. The number of halogens is 2. The monoisotopic (exact) mass is 216 g/mol. The maximum absolute atomic E-state index is 13.1. The molecule has 0 fully saturated rings. The highest BCUT2D eigenvalue weighted by Crippen LogP contribution is 2.23. The lowest BCUT2D eigenvalue weighted by molar-refractivity contribution is 0.0695. The van der Waals surface area contributed by atoms with Crippen LogP contribution in [0.25, 0.3) is 0 Å². The average molecular weight is 216 g/mol. The zero-order valence-electron chi connectivity index (χ0n) is 8.25. The lowest BCUT2D eigenvalue weighted by atomic mass is 10.2. The number of hydrogen-bond acceptors (Lipinski definition) is 2. The summed E-state index contributed by atoms with van der Waals surface area (Å²) in [5, 5.41) is 8.61. The molecule has 0 aromatic heterocycles. The molecule has 0 aliphatic heterocycles. The van der Waals surface area contributed by atoms with Gasteiger partial charge in [-0.1, -0.05) is 0 Å². The van der Waals surface area contributed by atoms with Crippen LogP contribution in [0.5, 0.6) is 5.75 Å². The normalized spacial score (nSPS) is 10.5. The molecule has 82 valence electrons. The van der Waals surface area contributed by atoms with Gasteiger partial charge in [0, 0.05) is 0 Å². The molecule has 0 aliphatic rings. The highest BCUT2D eigenvalue weighted by Gasteiger charge is 2.16. The number of hydrogen-bond donors (Lipinski definition) is 1. The zero-order valence-corrected chi connectivity index (χ0v) is 8.25. The maximum atomic E-state index is 13.1. The molecule has 0 bridgehead atoms. The van der Waals surface area contributed by atoms with Gasteiger partial charge in [0.1, 0.15) is 0 Å². The summed E-state index contributed by atoms with van der Waals surface area (Å²) >= 11 is 0. The van der Waals surface area contributed by atoms with Gasteiger partial charge in [0.2, 0.25) is 5.82 Å². The number of carboxylic acid groups (broad SMARTS) is 1. The lowest BCUT2D eigenvalue weighted by Gasteiger charge is -2.11. The number of benzene rings is 1. The van der Waals surface area contributed by atoms with Gasteiger partial charge in [0.25, 0.3) is 0 Å². The van der Waals surface area contributed by atoms with Gasteiger partial charge in [-0.2, -0.15) is 4.39 Å². The first kappa shape index (κ1) is 11.4. The van der Waals surface area contributed by atoms with Crippen LogP contribution in [-0.2, 0) is 0 Å². The molecule has 0 radical (unpaired) electrons. The van der Waals surface area contributed by atoms with Crippen molar-refractivity contribution in [3.05, 3.63) is 29.3 Å². The summed E-state index contributed by atoms with van der Waals surface area (Å²) in [6, 6.07) is 1.57. The summed E-state index contributed by atoms with van der Waals surface area (Å²) in [5.41, 5.74) is -0.343. The Hall–Kier alpha value is -1.65. The minimum atomic E-state index is -1.33. The third-order valence-electron chi connectivity index (χ3n) is 1.60. The van der Waals surface area contributed by atoms with Gasteiger partial charge in [-0.15, -0.1) is 0 Å². The predicted molar refractivity (Wildman–Crippen MR) is 49.1 cm³/mol. The highest BCUT2D eigenvalue weighted by molar-refractivity contribution is 5.88. The Bertz CT molecular complexity index is 388. The first-order valence-corrected chi connectivity index (χ1v) is 4.30. The van der Waals surface area contributed by atoms with Crippen LogP contribution in [0.1, 0.15) is 24.2 Å². The molecule has 0 amide bonds. The molecule has 1 aromatic rings. The molecule has 0 saturated carbocycles. The second-order valence-electron chi connectivity index (χ2n) is 3.24. The van der Waals surface area contributed by atoms with Gasteiger partial charge < -0.3 is 9.84 Å². The van der Waals surface area contributed by atoms with E-state index in [4.69, 9.17) is 9.84 Å². The smallest absolute Gasteiger partial charge is 0.335 e. The van der Waals surface area contributed by atoms with Crippen molar-refractivity contribution in [3.63, 3.8) is 0 Å². The van der Waals surface area contributed by atoms with Gasteiger partial charge >= 0.3 is 5.97 Å². The quantitative estimate of drug-likeness (QED) is 0.844. The van der Waals surface area contributed by atoms with E-state index in [0.717, 1.165) is 6.07 Å². The van der Waals surface area contributed by atoms with E-state index in [1.165, 1.54) is 0 Å². The van der Waals surface area contributed by atoms with Crippen LogP contribution in [0.4, 0.5) is 8.78 Å². The standard InChI is InChI=1S/C10H10F2O3/c1-5(2)15-8-4-6(10(13)14)3-7(11)9(8)12/h3-5H,1-2H3,(H,13,14). The first-order valence-electron chi connectivity index (χ1n) is 4.30. The molecule has 0 atom stereocenters. The molecule has 0 saturated heterocycles. The fourth-order valence-corrected chi connectivity index (χ4v) is 1.03. The highest BCUT2D eigenvalue weighted by atomic mass is 19.2. The summed E-state index contributed by atoms with van der Waals surface area (Å²) in [6.07, 6.45) is -0.358. The molecule has 15 heavy (non-hydrogen) atoms. The van der Waals surface area contributed by atoms with Gasteiger partial charge in [0.05, 0.1) is 11.7 Å². The van der Waals surface area contributed by atoms with Gasteiger partial charge in [-0.3, -0.25) is 0 Å². The van der Waals surface area contributed by atoms with Crippen LogP contribution in [0.3, 0.4) is 0 Å². The Morgan fingerprint density at radius 1 is 1.40 bits per heavy atom. The fraction of sp³-hybridized carbons (Fsp3) is 0.300. The Balaban J connectivity index is 3.19. The molecular formula is C10H10F2O3. The molecule has 5 heteroatoms.